The van der Waals surface area contributed by atoms with Crippen LogP contribution in [0.1, 0.15) is 16.8 Å². The standard InChI is InChI=1S/C23H22N6O3S/c1-14-15(2)29(16-7-9-17(31-4)10-8-16)21(18(14)12-24)25-20(30)13-33-23-27-26-22(28(23)3)19-6-5-11-32-19/h5-11H,13H2,1-4H3,(H,25,30). The van der Waals surface area contributed by atoms with Gasteiger partial charge >= 0.3 is 0 Å². The zero-order valence-electron chi connectivity index (χ0n) is 18.6. The van der Waals surface area contributed by atoms with E-state index in [1.165, 1.54) is 11.8 Å². The number of furan rings is 1. The van der Waals surface area contributed by atoms with Gasteiger partial charge in [-0.2, -0.15) is 5.26 Å². The third-order valence-corrected chi connectivity index (χ3v) is 6.34. The summed E-state index contributed by atoms with van der Waals surface area (Å²) < 4.78 is 14.2. The first-order valence-electron chi connectivity index (χ1n) is 10.1. The highest BCUT2D eigenvalue weighted by atomic mass is 32.2. The lowest BCUT2D eigenvalue weighted by Gasteiger charge is -2.13. The van der Waals surface area contributed by atoms with Gasteiger partial charge in [0.05, 0.1) is 24.7 Å². The molecule has 0 bridgehead atoms. The summed E-state index contributed by atoms with van der Waals surface area (Å²) in [6, 6.07) is 13.2. The van der Waals surface area contributed by atoms with Gasteiger partial charge in [0.1, 0.15) is 17.6 Å². The Kier molecular flexibility index (Phi) is 6.24. The Morgan fingerprint density at radius 1 is 1.24 bits per heavy atom. The van der Waals surface area contributed by atoms with Crippen molar-refractivity contribution in [3.8, 4) is 29.1 Å². The summed E-state index contributed by atoms with van der Waals surface area (Å²) in [5, 5.41) is 21.5. The number of nitriles is 1. The zero-order valence-corrected chi connectivity index (χ0v) is 19.4. The van der Waals surface area contributed by atoms with Crippen molar-refractivity contribution < 1.29 is 13.9 Å². The van der Waals surface area contributed by atoms with E-state index < -0.39 is 0 Å². The zero-order chi connectivity index (χ0) is 23.5. The van der Waals surface area contributed by atoms with Crippen LogP contribution < -0.4 is 10.1 Å². The van der Waals surface area contributed by atoms with E-state index in [0.717, 1.165) is 22.7 Å². The SMILES string of the molecule is COc1ccc(-n2c(C)c(C)c(C#N)c2NC(=O)CSc2nnc(-c3ccco3)n2C)cc1. The minimum absolute atomic E-state index is 0.0981. The van der Waals surface area contributed by atoms with Crippen molar-refractivity contribution in [3.05, 3.63) is 59.5 Å². The second-order valence-corrected chi connectivity index (χ2v) is 8.20. The molecule has 9 nitrogen and oxygen atoms in total. The molecule has 3 heterocycles. The molecule has 168 valence electrons. The fraction of sp³-hybridized carbons (Fsp3) is 0.217. The molecule has 4 rings (SSSR count). The van der Waals surface area contributed by atoms with Crippen molar-refractivity contribution in [2.45, 2.75) is 19.0 Å². The predicted octanol–water partition coefficient (Wildman–Crippen LogP) is 4.09. The van der Waals surface area contributed by atoms with Crippen LogP contribution in [0.15, 0.2) is 52.2 Å². The van der Waals surface area contributed by atoms with E-state index >= 15 is 0 Å². The molecule has 1 aromatic carbocycles. The van der Waals surface area contributed by atoms with Gasteiger partial charge in [-0.3, -0.25) is 9.36 Å². The third kappa shape index (κ3) is 4.23. The van der Waals surface area contributed by atoms with Gasteiger partial charge in [0.15, 0.2) is 16.7 Å². The van der Waals surface area contributed by atoms with Crippen LogP contribution in [0.2, 0.25) is 0 Å². The number of carbonyl (C=O) groups is 1. The largest absolute Gasteiger partial charge is 0.497 e. The van der Waals surface area contributed by atoms with Gasteiger partial charge in [-0.15, -0.1) is 10.2 Å². The van der Waals surface area contributed by atoms with Gasteiger partial charge in [-0.25, -0.2) is 0 Å². The smallest absolute Gasteiger partial charge is 0.236 e. The van der Waals surface area contributed by atoms with Crippen LogP contribution in [0.5, 0.6) is 5.75 Å². The minimum Gasteiger partial charge on any atom is -0.497 e. The molecule has 1 amide bonds. The highest BCUT2D eigenvalue weighted by Gasteiger charge is 2.21. The first kappa shape index (κ1) is 22.2. The lowest BCUT2D eigenvalue weighted by molar-refractivity contribution is -0.113. The van der Waals surface area contributed by atoms with E-state index in [1.807, 2.05) is 49.7 Å². The summed E-state index contributed by atoms with van der Waals surface area (Å²) in [6.07, 6.45) is 1.57. The number of ether oxygens (including phenoxy) is 1. The average molecular weight is 463 g/mol. The van der Waals surface area contributed by atoms with E-state index in [0.29, 0.717) is 28.1 Å². The maximum atomic E-state index is 12.9. The molecule has 3 aromatic heterocycles. The third-order valence-electron chi connectivity index (χ3n) is 5.32. The molecule has 0 radical (unpaired) electrons. The second-order valence-electron chi connectivity index (χ2n) is 7.26. The van der Waals surface area contributed by atoms with Gasteiger partial charge < -0.3 is 19.0 Å². The number of anilines is 1. The minimum atomic E-state index is -0.258. The van der Waals surface area contributed by atoms with Gasteiger partial charge in [-0.1, -0.05) is 11.8 Å². The Bertz CT molecular complexity index is 1330. The first-order valence-corrected chi connectivity index (χ1v) is 11.1. The van der Waals surface area contributed by atoms with Crippen molar-refractivity contribution >= 4 is 23.5 Å². The molecular weight excluding hydrogens is 440 g/mol. The normalized spacial score (nSPS) is 10.8. The van der Waals surface area contributed by atoms with E-state index in [9.17, 15) is 10.1 Å². The van der Waals surface area contributed by atoms with Crippen LogP contribution in [0, 0.1) is 25.2 Å². The molecule has 0 fully saturated rings. The number of methoxy groups -OCH3 is 1. The Labute approximate surface area is 195 Å². The van der Waals surface area contributed by atoms with Crippen LogP contribution in [0.4, 0.5) is 5.82 Å². The van der Waals surface area contributed by atoms with E-state index in [1.54, 1.807) is 30.1 Å². The van der Waals surface area contributed by atoms with Crippen molar-refractivity contribution in [1.82, 2.24) is 19.3 Å². The van der Waals surface area contributed by atoms with Gasteiger partial charge in [0.25, 0.3) is 0 Å². The topological polar surface area (TPSA) is 111 Å². The van der Waals surface area contributed by atoms with Crippen LogP contribution >= 0.6 is 11.8 Å². The Balaban J connectivity index is 1.56. The molecule has 0 unspecified atom stereocenters. The van der Waals surface area contributed by atoms with Crippen LogP contribution in [0.3, 0.4) is 0 Å². The molecule has 33 heavy (non-hydrogen) atoms. The van der Waals surface area contributed by atoms with Crippen molar-refractivity contribution in [3.63, 3.8) is 0 Å². The summed E-state index contributed by atoms with van der Waals surface area (Å²) in [4.78, 5) is 12.9. The monoisotopic (exact) mass is 462 g/mol. The number of hydrogen-bond donors (Lipinski definition) is 1. The molecule has 0 spiro atoms. The van der Waals surface area contributed by atoms with E-state index in [-0.39, 0.29) is 11.7 Å². The van der Waals surface area contributed by atoms with Gasteiger partial charge in [0.2, 0.25) is 5.91 Å². The molecule has 0 aliphatic heterocycles. The van der Waals surface area contributed by atoms with E-state index in [2.05, 4.69) is 21.6 Å². The Hall–Kier alpha value is -3.97. The number of nitrogens with zero attached hydrogens (tertiary/aromatic N) is 5. The summed E-state index contributed by atoms with van der Waals surface area (Å²) in [7, 11) is 3.42. The van der Waals surface area contributed by atoms with Crippen molar-refractivity contribution in [2.75, 3.05) is 18.2 Å². The predicted molar refractivity (Wildman–Crippen MR) is 125 cm³/mol. The molecule has 0 aliphatic rings. The van der Waals surface area contributed by atoms with Crippen LogP contribution in [0.25, 0.3) is 17.3 Å². The average Bonchev–Trinajstić information content (AvgIpc) is 3.52. The number of hydrogen-bond acceptors (Lipinski definition) is 7. The highest BCUT2D eigenvalue weighted by molar-refractivity contribution is 7.99. The lowest BCUT2D eigenvalue weighted by Crippen LogP contribution is -2.18. The lowest BCUT2D eigenvalue weighted by atomic mass is 10.2. The Morgan fingerprint density at radius 2 is 2.00 bits per heavy atom. The van der Waals surface area contributed by atoms with E-state index in [4.69, 9.17) is 9.15 Å². The highest BCUT2D eigenvalue weighted by Crippen LogP contribution is 2.31. The maximum Gasteiger partial charge on any atom is 0.236 e. The van der Waals surface area contributed by atoms with Crippen LogP contribution in [-0.2, 0) is 11.8 Å². The molecule has 1 N–H and O–H groups in total. The molecule has 0 aliphatic carbocycles. The van der Waals surface area contributed by atoms with Crippen molar-refractivity contribution in [1.29, 1.82) is 5.26 Å². The summed E-state index contributed by atoms with van der Waals surface area (Å²) in [5.41, 5.74) is 2.93. The number of aromatic nitrogens is 4. The number of thioether (sulfide) groups is 1. The number of amides is 1. The fourth-order valence-corrected chi connectivity index (χ4v) is 4.19. The molecule has 0 atom stereocenters. The van der Waals surface area contributed by atoms with Crippen LogP contribution in [-0.4, -0.2) is 38.1 Å². The quantitative estimate of drug-likeness (QED) is 0.412. The molecular formula is C23H22N6O3S. The first-order chi connectivity index (χ1) is 15.9. The molecule has 10 heteroatoms. The molecule has 0 saturated carbocycles. The number of rotatable bonds is 7. The summed E-state index contributed by atoms with van der Waals surface area (Å²) in [5.74, 6) is 2.18. The maximum absolute atomic E-state index is 12.9. The fourth-order valence-electron chi connectivity index (χ4n) is 3.47. The second kappa shape index (κ2) is 9.26. The number of carbonyl (C=O) groups excluding carboxylic acids is 1. The Morgan fingerprint density at radius 3 is 2.64 bits per heavy atom. The number of nitrogens with one attached hydrogen (secondary N) is 1. The van der Waals surface area contributed by atoms with Gasteiger partial charge in [-0.05, 0) is 55.8 Å². The number of benzene rings is 1. The van der Waals surface area contributed by atoms with Crippen molar-refractivity contribution in [2.24, 2.45) is 7.05 Å². The summed E-state index contributed by atoms with van der Waals surface area (Å²) in [6.45, 7) is 3.79. The molecule has 0 saturated heterocycles. The van der Waals surface area contributed by atoms with Gasteiger partial charge in [0, 0.05) is 18.4 Å². The summed E-state index contributed by atoms with van der Waals surface area (Å²) >= 11 is 1.25. The molecule has 4 aromatic rings.